The first kappa shape index (κ1) is 20.2. The summed E-state index contributed by atoms with van der Waals surface area (Å²) in [6, 6.07) is 5.19. The number of carboxylic acid groups (broad SMARTS) is 1. The Morgan fingerprint density at radius 2 is 1.81 bits per heavy atom. The number of halogens is 1. The van der Waals surface area contributed by atoms with E-state index in [0.717, 1.165) is 31.6 Å². The van der Waals surface area contributed by atoms with E-state index in [2.05, 4.69) is 10.2 Å². The summed E-state index contributed by atoms with van der Waals surface area (Å²) in [5, 5.41) is 11.9. The number of hydrogen-bond acceptors (Lipinski definition) is 4. The minimum Gasteiger partial charge on any atom is -0.480 e. The number of aliphatic carboxylic acids is 1. The largest absolute Gasteiger partial charge is 0.480 e. The predicted octanol–water partition coefficient (Wildman–Crippen LogP) is 2.10. The molecule has 1 fully saturated rings. The van der Waals surface area contributed by atoms with Crippen molar-refractivity contribution in [3.05, 3.63) is 30.1 Å². The minimum absolute atomic E-state index is 0.247. The second kappa shape index (κ2) is 9.52. The molecule has 1 amide bonds. The van der Waals surface area contributed by atoms with Crippen molar-refractivity contribution in [2.24, 2.45) is 0 Å². The van der Waals surface area contributed by atoms with Crippen molar-refractivity contribution in [1.29, 1.82) is 0 Å². The molecule has 0 spiro atoms. The van der Waals surface area contributed by atoms with E-state index in [0.29, 0.717) is 19.5 Å². The Bertz CT molecular complexity index is 601. The second-order valence-corrected chi connectivity index (χ2v) is 6.72. The van der Waals surface area contributed by atoms with Crippen molar-refractivity contribution < 1.29 is 19.1 Å². The van der Waals surface area contributed by atoms with Gasteiger partial charge in [0.05, 0.1) is 6.04 Å². The number of unbranched alkanes of at least 4 members (excludes halogenated alkanes) is 1. The molecule has 0 saturated carbocycles. The van der Waals surface area contributed by atoms with Crippen LogP contribution in [-0.4, -0.2) is 60.1 Å². The van der Waals surface area contributed by atoms with Gasteiger partial charge in [-0.05, 0) is 37.6 Å². The van der Waals surface area contributed by atoms with Gasteiger partial charge in [0.1, 0.15) is 11.9 Å². The van der Waals surface area contributed by atoms with Crippen LogP contribution in [0.4, 0.5) is 10.1 Å². The predicted molar refractivity (Wildman–Crippen MR) is 98.7 cm³/mol. The van der Waals surface area contributed by atoms with Gasteiger partial charge in [-0.2, -0.15) is 0 Å². The van der Waals surface area contributed by atoms with E-state index in [9.17, 15) is 19.1 Å². The average molecular weight is 365 g/mol. The van der Waals surface area contributed by atoms with Gasteiger partial charge >= 0.3 is 5.97 Å². The Kier molecular flexibility index (Phi) is 7.38. The Balaban J connectivity index is 1.86. The van der Waals surface area contributed by atoms with Crippen LogP contribution in [0.1, 0.15) is 33.1 Å². The van der Waals surface area contributed by atoms with Gasteiger partial charge in [-0.1, -0.05) is 19.8 Å². The van der Waals surface area contributed by atoms with E-state index in [-0.39, 0.29) is 17.8 Å². The van der Waals surface area contributed by atoms with Crippen LogP contribution < -0.4 is 10.2 Å². The third-order valence-corrected chi connectivity index (χ3v) is 4.89. The molecule has 0 aliphatic carbocycles. The molecule has 26 heavy (non-hydrogen) atoms. The fourth-order valence-electron chi connectivity index (χ4n) is 3.14. The molecule has 0 bridgehead atoms. The molecule has 1 heterocycles. The van der Waals surface area contributed by atoms with Crippen molar-refractivity contribution in [3.63, 3.8) is 0 Å². The van der Waals surface area contributed by atoms with E-state index in [1.54, 1.807) is 12.1 Å². The molecular weight excluding hydrogens is 337 g/mol. The first-order valence-corrected chi connectivity index (χ1v) is 9.20. The maximum atomic E-state index is 13.0. The van der Waals surface area contributed by atoms with Crippen molar-refractivity contribution in [2.75, 3.05) is 31.1 Å². The van der Waals surface area contributed by atoms with Crippen LogP contribution in [0, 0.1) is 5.82 Å². The molecule has 1 aromatic carbocycles. The van der Waals surface area contributed by atoms with Crippen LogP contribution in [0.2, 0.25) is 0 Å². The molecule has 1 aliphatic rings. The normalized spacial score (nSPS) is 17.6. The Labute approximate surface area is 154 Å². The fourth-order valence-corrected chi connectivity index (χ4v) is 3.14. The maximum absolute atomic E-state index is 13.0. The van der Waals surface area contributed by atoms with E-state index in [1.807, 2.05) is 18.7 Å². The smallest absolute Gasteiger partial charge is 0.326 e. The van der Waals surface area contributed by atoms with Gasteiger partial charge < -0.3 is 15.3 Å². The zero-order valence-corrected chi connectivity index (χ0v) is 15.4. The Morgan fingerprint density at radius 1 is 1.19 bits per heavy atom. The topological polar surface area (TPSA) is 72.9 Å². The van der Waals surface area contributed by atoms with Crippen LogP contribution in [0.15, 0.2) is 24.3 Å². The number of benzene rings is 1. The highest BCUT2D eigenvalue weighted by Crippen LogP contribution is 2.18. The van der Waals surface area contributed by atoms with E-state index in [4.69, 9.17) is 0 Å². The summed E-state index contributed by atoms with van der Waals surface area (Å²) in [6.45, 7) is 6.66. The zero-order valence-electron chi connectivity index (χ0n) is 15.4. The van der Waals surface area contributed by atoms with Crippen LogP contribution in [-0.2, 0) is 9.59 Å². The standard InChI is InChI=1S/C19H28FN3O3/c1-3-4-5-17(19(25)26)21-18(24)14(2)22-10-12-23(13-11-22)16-8-6-15(20)7-9-16/h6-9,14,17H,3-5,10-13H2,1-2H3,(H,21,24)(H,25,26)/t14?,17-/m0/s1. The third-order valence-electron chi connectivity index (χ3n) is 4.89. The zero-order chi connectivity index (χ0) is 19.1. The molecule has 7 heteroatoms. The molecule has 2 N–H and O–H groups in total. The summed E-state index contributed by atoms with van der Waals surface area (Å²) in [7, 11) is 0. The van der Waals surface area contributed by atoms with Gasteiger partial charge in [0.25, 0.3) is 0 Å². The number of piperazine rings is 1. The molecule has 144 valence electrons. The molecule has 1 saturated heterocycles. The van der Waals surface area contributed by atoms with Crippen LogP contribution in [0.5, 0.6) is 0 Å². The van der Waals surface area contributed by atoms with E-state index in [1.165, 1.54) is 12.1 Å². The highest BCUT2D eigenvalue weighted by molar-refractivity contribution is 5.86. The van der Waals surface area contributed by atoms with Gasteiger partial charge in [-0.25, -0.2) is 9.18 Å². The number of nitrogens with one attached hydrogen (secondary N) is 1. The number of nitrogens with zero attached hydrogens (tertiary/aromatic N) is 2. The minimum atomic E-state index is -0.986. The van der Waals surface area contributed by atoms with Gasteiger partial charge in [-0.3, -0.25) is 9.69 Å². The van der Waals surface area contributed by atoms with Gasteiger partial charge in [0, 0.05) is 31.9 Å². The van der Waals surface area contributed by atoms with Crippen LogP contribution in [0.3, 0.4) is 0 Å². The summed E-state index contributed by atoms with van der Waals surface area (Å²) in [6.07, 6.45) is 2.10. The van der Waals surface area contributed by atoms with E-state index < -0.39 is 12.0 Å². The lowest BCUT2D eigenvalue weighted by atomic mass is 10.1. The number of carbonyl (C=O) groups excluding carboxylic acids is 1. The maximum Gasteiger partial charge on any atom is 0.326 e. The quantitative estimate of drug-likeness (QED) is 0.738. The van der Waals surface area contributed by atoms with Crippen molar-refractivity contribution in [3.8, 4) is 0 Å². The van der Waals surface area contributed by atoms with Gasteiger partial charge in [0.2, 0.25) is 5.91 Å². The highest BCUT2D eigenvalue weighted by atomic mass is 19.1. The second-order valence-electron chi connectivity index (χ2n) is 6.72. The Morgan fingerprint density at radius 3 is 2.35 bits per heavy atom. The van der Waals surface area contributed by atoms with Gasteiger partial charge in [0.15, 0.2) is 0 Å². The first-order valence-electron chi connectivity index (χ1n) is 9.20. The number of amides is 1. The molecule has 2 atom stereocenters. The molecule has 0 aromatic heterocycles. The Hall–Kier alpha value is -2.15. The van der Waals surface area contributed by atoms with Crippen molar-refractivity contribution in [1.82, 2.24) is 10.2 Å². The van der Waals surface area contributed by atoms with Crippen molar-refractivity contribution >= 4 is 17.6 Å². The number of hydrogen-bond donors (Lipinski definition) is 2. The van der Waals surface area contributed by atoms with E-state index >= 15 is 0 Å². The summed E-state index contributed by atoms with van der Waals surface area (Å²) >= 11 is 0. The molecular formula is C19H28FN3O3. The SMILES string of the molecule is CCCC[C@H](NC(=O)C(C)N1CCN(c2ccc(F)cc2)CC1)C(=O)O. The first-order chi connectivity index (χ1) is 12.4. The number of carbonyl (C=O) groups is 2. The molecule has 1 unspecified atom stereocenters. The summed E-state index contributed by atoms with van der Waals surface area (Å²) < 4.78 is 13.0. The molecule has 1 aromatic rings. The fraction of sp³-hybridized carbons (Fsp3) is 0.579. The monoisotopic (exact) mass is 365 g/mol. The lowest BCUT2D eigenvalue weighted by Gasteiger charge is -2.38. The highest BCUT2D eigenvalue weighted by Gasteiger charge is 2.28. The number of carboxylic acids is 1. The third kappa shape index (κ3) is 5.42. The summed E-state index contributed by atoms with van der Waals surface area (Å²) in [5.41, 5.74) is 0.966. The van der Waals surface area contributed by atoms with Crippen LogP contribution >= 0.6 is 0 Å². The van der Waals surface area contributed by atoms with Crippen molar-refractivity contribution in [2.45, 2.75) is 45.2 Å². The molecule has 6 nitrogen and oxygen atoms in total. The lowest BCUT2D eigenvalue weighted by Crippen LogP contribution is -2.55. The lowest BCUT2D eigenvalue weighted by molar-refractivity contribution is -0.142. The number of rotatable bonds is 8. The average Bonchev–Trinajstić information content (AvgIpc) is 2.65. The van der Waals surface area contributed by atoms with Gasteiger partial charge in [-0.15, -0.1) is 0 Å². The number of anilines is 1. The summed E-state index contributed by atoms with van der Waals surface area (Å²) in [4.78, 5) is 27.9. The molecule has 1 aliphatic heterocycles. The molecule has 2 rings (SSSR count). The molecule has 0 radical (unpaired) electrons. The van der Waals surface area contributed by atoms with Crippen LogP contribution in [0.25, 0.3) is 0 Å². The summed E-state index contributed by atoms with van der Waals surface area (Å²) in [5.74, 6) is -1.49.